The van der Waals surface area contributed by atoms with E-state index in [2.05, 4.69) is 15.5 Å². The van der Waals surface area contributed by atoms with Crippen molar-refractivity contribution in [2.75, 3.05) is 12.4 Å². The second-order valence-corrected chi connectivity index (χ2v) is 8.04. The summed E-state index contributed by atoms with van der Waals surface area (Å²) in [7, 11) is 1.32. The van der Waals surface area contributed by atoms with Gasteiger partial charge in [0.1, 0.15) is 29.1 Å². The minimum Gasteiger partial charge on any atom is -0.493 e. The summed E-state index contributed by atoms with van der Waals surface area (Å²) < 4.78 is 63.8. The van der Waals surface area contributed by atoms with Gasteiger partial charge >= 0.3 is 6.18 Å². The maximum Gasteiger partial charge on any atom is 0.416 e. The molecule has 0 radical (unpaired) electrons. The number of aromatic nitrogens is 2. The van der Waals surface area contributed by atoms with Crippen molar-refractivity contribution in [3.63, 3.8) is 0 Å². The fourth-order valence-corrected chi connectivity index (χ4v) is 3.61. The van der Waals surface area contributed by atoms with Gasteiger partial charge in [0.05, 0.1) is 12.7 Å². The number of nitrogens with zero attached hydrogens (tertiary/aromatic N) is 3. The van der Waals surface area contributed by atoms with Crippen LogP contribution in [0.5, 0.6) is 11.5 Å². The third-order valence-corrected chi connectivity index (χ3v) is 5.59. The predicted octanol–water partition coefficient (Wildman–Crippen LogP) is 5.39. The Bertz CT molecular complexity index is 1300. The molecule has 0 aliphatic heterocycles. The normalized spacial score (nSPS) is 11.6. The van der Waals surface area contributed by atoms with E-state index >= 15 is 0 Å². The van der Waals surface area contributed by atoms with E-state index in [0.29, 0.717) is 18.1 Å². The van der Waals surface area contributed by atoms with Crippen LogP contribution >= 0.6 is 11.3 Å². The van der Waals surface area contributed by atoms with Gasteiger partial charge in [-0.15, -0.1) is 10.2 Å². The Kier molecular flexibility index (Phi) is 8.03. The van der Waals surface area contributed by atoms with Crippen molar-refractivity contribution >= 4 is 28.5 Å². The monoisotopic (exact) mass is 506 g/mol. The van der Waals surface area contributed by atoms with E-state index in [-0.39, 0.29) is 27.8 Å². The van der Waals surface area contributed by atoms with Crippen LogP contribution in [0.15, 0.2) is 42.0 Å². The van der Waals surface area contributed by atoms with Crippen molar-refractivity contribution in [3.8, 4) is 17.6 Å². The number of methoxy groups -OCH3 is 1. The first-order valence-electron chi connectivity index (χ1n) is 10.1. The summed E-state index contributed by atoms with van der Waals surface area (Å²) in [6.07, 6.45) is -2.72. The minimum absolute atomic E-state index is 0.0888. The number of alkyl halides is 3. The molecule has 35 heavy (non-hydrogen) atoms. The molecule has 0 aliphatic carbocycles. The number of carbonyl (C=O) groups excluding carboxylic acids is 1. The number of benzene rings is 2. The van der Waals surface area contributed by atoms with Gasteiger partial charge < -0.3 is 9.47 Å². The molecule has 1 N–H and O–H groups in total. The Hall–Kier alpha value is -3.98. The lowest BCUT2D eigenvalue weighted by Crippen LogP contribution is -2.13. The zero-order chi connectivity index (χ0) is 25.6. The number of anilines is 1. The first kappa shape index (κ1) is 25.6. The first-order chi connectivity index (χ1) is 16.6. The van der Waals surface area contributed by atoms with Crippen LogP contribution in [-0.4, -0.2) is 23.2 Å². The Morgan fingerprint density at radius 1 is 1.20 bits per heavy atom. The number of carbonyl (C=O) groups is 1. The van der Waals surface area contributed by atoms with Crippen LogP contribution in [0.4, 0.5) is 22.7 Å². The minimum atomic E-state index is -4.67. The summed E-state index contributed by atoms with van der Waals surface area (Å²) in [5.41, 5.74) is -1.21. The van der Waals surface area contributed by atoms with E-state index in [9.17, 15) is 27.6 Å². The number of nitriles is 1. The lowest BCUT2D eigenvalue weighted by molar-refractivity contribution is -0.138. The van der Waals surface area contributed by atoms with Crippen LogP contribution in [0.1, 0.15) is 28.6 Å². The Labute approximate surface area is 201 Å². The van der Waals surface area contributed by atoms with Gasteiger partial charge in [-0.1, -0.05) is 24.3 Å². The molecule has 12 heteroatoms. The van der Waals surface area contributed by atoms with E-state index in [0.717, 1.165) is 17.1 Å². The number of hydrogen-bond donors (Lipinski definition) is 1. The number of ether oxygens (including phenoxy) is 2. The van der Waals surface area contributed by atoms with Crippen molar-refractivity contribution in [2.24, 2.45) is 0 Å². The zero-order valence-electron chi connectivity index (χ0n) is 18.4. The summed E-state index contributed by atoms with van der Waals surface area (Å²) >= 11 is 1.19. The molecule has 2 aromatic carbocycles. The maximum atomic E-state index is 13.5. The van der Waals surface area contributed by atoms with Gasteiger partial charge in [-0.3, -0.25) is 10.1 Å². The van der Waals surface area contributed by atoms with Gasteiger partial charge in [0.25, 0.3) is 5.91 Å². The molecule has 0 aliphatic rings. The highest BCUT2D eigenvalue weighted by atomic mass is 32.1. The number of rotatable bonds is 8. The highest BCUT2D eigenvalue weighted by molar-refractivity contribution is 7.15. The molecule has 0 spiro atoms. The average Bonchev–Trinajstić information content (AvgIpc) is 3.28. The number of amides is 1. The molecule has 0 atom stereocenters. The van der Waals surface area contributed by atoms with Crippen molar-refractivity contribution < 1.29 is 31.8 Å². The summed E-state index contributed by atoms with van der Waals surface area (Å²) in [5, 5.41) is 20.6. The van der Waals surface area contributed by atoms with Crippen LogP contribution in [0.25, 0.3) is 6.08 Å². The fraction of sp³-hybridized carbons (Fsp3) is 0.217. The Morgan fingerprint density at radius 3 is 2.60 bits per heavy atom. The van der Waals surface area contributed by atoms with Gasteiger partial charge in [-0.2, -0.15) is 18.4 Å². The van der Waals surface area contributed by atoms with Crippen molar-refractivity contribution in [1.82, 2.24) is 10.2 Å². The molecule has 0 saturated heterocycles. The lowest BCUT2D eigenvalue weighted by Gasteiger charge is -2.15. The SMILES string of the molecule is CCc1nnc(NC(=O)C(C#N)=Cc2ccc(OCc3cc(F)ccc3C(F)(F)F)c(OC)c2)s1. The van der Waals surface area contributed by atoms with E-state index in [1.165, 1.54) is 42.7 Å². The third kappa shape index (κ3) is 6.54. The highest BCUT2D eigenvalue weighted by Crippen LogP contribution is 2.34. The molecular weight excluding hydrogens is 488 g/mol. The average molecular weight is 506 g/mol. The number of nitrogens with one attached hydrogen (secondary N) is 1. The van der Waals surface area contributed by atoms with Gasteiger partial charge in [0.15, 0.2) is 11.5 Å². The Morgan fingerprint density at radius 2 is 1.97 bits per heavy atom. The topological polar surface area (TPSA) is 97.1 Å². The zero-order valence-corrected chi connectivity index (χ0v) is 19.3. The van der Waals surface area contributed by atoms with E-state index in [1.54, 1.807) is 0 Å². The number of aryl methyl sites for hydroxylation is 1. The molecular formula is C23H18F4N4O3S. The molecule has 1 aromatic heterocycles. The standard InChI is InChI=1S/C23H18F4N4O3S/c1-3-20-30-31-22(35-20)29-21(32)14(11-28)8-13-4-7-18(19(9-13)33-2)34-12-15-10-16(24)5-6-17(15)23(25,26)27/h4-10H,3,12H2,1-2H3,(H,29,31,32). The van der Waals surface area contributed by atoms with E-state index in [1.807, 2.05) is 13.0 Å². The fourth-order valence-electron chi connectivity index (χ4n) is 2.93. The third-order valence-electron chi connectivity index (χ3n) is 4.61. The number of hydrogen-bond acceptors (Lipinski definition) is 7. The first-order valence-corrected chi connectivity index (χ1v) is 10.9. The van der Waals surface area contributed by atoms with Gasteiger partial charge in [-0.05, 0) is 48.4 Å². The molecule has 0 fully saturated rings. The summed E-state index contributed by atoms with van der Waals surface area (Å²) in [4.78, 5) is 12.4. The molecule has 1 heterocycles. The predicted molar refractivity (Wildman–Crippen MR) is 120 cm³/mol. The van der Waals surface area contributed by atoms with Crippen LogP contribution < -0.4 is 14.8 Å². The molecule has 7 nitrogen and oxygen atoms in total. The molecule has 0 unspecified atom stereocenters. The van der Waals surface area contributed by atoms with Crippen LogP contribution in [0, 0.1) is 17.1 Å². The molecule has 0 saturated carbocycles. The number of halogens is 4. The van der Waals surface area contributed by atoms with Gasteiger partial charge in [0.2, 0.25) is 5.13 Å². The van der Waals surface area contributed by atoms with Crippen molar-refractivity contribution in [3.05, 3.63) is 69.5 Å². The van der Waals surface area contributed by atoms with E-state index in [4.69, 9.17) is 9.47 Å². The molecule has 3 aromatic rings. The second-order valence-electron chi connectivity index (χ2n) is 6.98. The van der Waals surface area contributed by atoms with Gasteiger partial charge in [-0.25, -0.2) is 4.39 Å². The van der Waals surface area contributed by atoms with Crippen LogP contribution in [0.2, 0.25) is 0 Å². The van der Waals surface area contributed by atoms with E-state index < -0.39 is 30.1 Å². The molecule has 0 bridgehead atoms. The molecule has 1 amide bonds. The summed E-state index contributed by atoms with van der Waals surface area (Å²) in [6.45, 7) is 1.33. The van der Waals surface area contributed by atoms with Crippen LogP contribution in [0.3, 0.4) is 0 Å². The van der Waals surface area contributed by atoms with Gasteiger partial charge in [0, 0.05) is 5.56 Å². The maximum absolute atomic E-state index is 13.5. The van der Waals surface area contributed by atoms with Crippen LogP contribution in [-0.2, 0) is 24.0 Å². The Balaban J connectivity index is 1.79. The lowest BCUT2D eigenvalue weighted by atomic mass is 10.1. The smallest absolute Gasteiger partial charge is 0.416 e. The quantitative estimate of drug-likeness (QED) is 0.250. The largest absolute Gasteiger partial charge is 0.493 e. The second kappa shape index (κ2) is 11.0. The summed E-state index contributed by atoms with van der Waals surface area (Å²) in [6, 6.07) is 8.27. The van der Waals surface area contributed by atoms with Crippen molar-refractivity contribution in [1.29, 1.82) is 5.26 Å². The van der Waals surface area contributed by atoms with Crippen molar-refractivity contribution in [2.45, 2.75) is 26.1 Å². The highest BCUT2D eigenvalue weighted by Gasteiger charge is 2.33. The summed E-state index contributed by atoms with van der Waals surface area (Å²) in [5.74, 6) is -1.29. The molecule has 182 valence electrons. The molecule has 3 rings (SSSR count).